The standard InChI is InChI=1S/C10H7ClN4O/c11-9-2-1-8(16-9)7-4-14-15-5-6(12)3-13-10(7)15/h1-5H,12H2. The summed E-state index contributed by atoms with van der Waals surface area (Å²) >= 11 is 5.72. The van der Waals surface area contributed by atoms with Crippen LogP contribution in [0, 0.1) is 0 Å². The van der Waals surface area contributed by atoms with Crippen LogP contribution >= 0.6 is 11.6 Å². The largest absolute Gasteiger partial charge is 0.445 e. The lowest BCUT2D eigenvalue weighted by Crippen LogP contribution is -1.94. The summed E-state index contributed by atoms with van der Waals surface area (Å²) in [6.45, 7) is 0. The predicted molar refractivity (Wildman–Crippen MR) is 60.1 cm³/mol. The normalized spacial score (nSPS) is 11.1. The minimum Gasteiger partial charge on any atom is -0.445 e. The summed E-state index contributed by atoms with van der Waals surface area (Å²) in [5.74, 6) is 0.636. The molecule has 80 valence electrons. The molecule has 0 radical (unpaired) electrons. The van der Waals surface area contributed by atoms with Crippen LogP contribution in [0.4, 0.5) is 5.69 Å². The molecule has 0 aliphatic rings. The van der Waals surface area contributed by atoms with Gasteiger partial charge in [0.05, 0.1) is 29.8 Å². The maximum absolute atomic E-state index is 5.72. The van der Waals surface area contributed by atoms with Crippen molar-refractivity contribution >= 4 is 22.9 Å². The number of halogens is 1. The van der Waals surface area contributed by atoms with E-state index in [1.807, 2.05) is 0 Å². The zero-order valence-electron chi connectivity index (χ0n) is 8.09. The van der Waals surface area contributed by atoms with E-state index in [4.69, 9.17) is 21.8 Å². The molecule has 0 amide bonds. The van der Waals surface area contributed by atoms with Crippen molar-refractivity contribution < 1.29 is 4.42 Å². The van der Waals surface area contributed by atoms with Crippen LogP contribution in [0.15, 0.2) is 35.1 Å². The third kappa shape index (κ3) is 1.33. The monoisotopic (exact) mass is 234 g/mol. The Morgan fingerprint density at radius 2 is 2.19 bits per heavy atom. The van der Waals surface area contributed by atoms with Gasteiger partial charge in [0.15, 0.2) is 10.9 Å². The molecule has 16 heavy (non-hydrogen) atoms. The van der Waals surface area contributed by atoms with Crippen LogP contribution in [-0.2, 0) is 0 Å². The van der Waals surface area contributed by atoms with Crippen LogP contribution in [0.3, 0.4) is 0 Å². The van der Waals surface area contributed by atoms with Crippen LogP contribution < -0.4 is 5.73 Å². The second kappa shape index (κ2) is 3.24. The molecule has 3 aromatic heterocycles. The molecule has 3 rings (SSSR count). The highest BCUT2D eigenvalue weighted by Gasteiger charge is 2.11. The van der Waals surface area contributed by atoms with Gasteiger partial charge in [-0.15, -0.1) is 0 Å². The first kappa shape index (κ1) is 9.23. The summed E-state index contributed by atoms with van der Waals surface area (Å²) in [6, 6.07) is 3.45. The Balaban J connectivity index is 2.25. The summed E-state index contributed by atoms with van der Waals surface area (Å²) < 4.78 is 6.91. The molecule has 6 heteroatoms. The van der Waals surface area contributed by atoms with Gasteiger partial charge in [-0.2, -0.15) is 5.10 Å². The Morgan fingerprint density at radius 3 is 2.94 bits per heavy atom. The summed E-state index contributed by atoms with van der Waals surface area (Å²) in [5, 5.41) is 4.47. The van der Waals surface area contributed by atoms with E-state index in [1.54, 1.807) is 35.2 Å². The van der Waals surface area contributed by atoms with E-state index >= 15 is 0 Å². The minimum atomic E-state index is 0.338. The molecule has 0 aliphatic heterocycles. The van der Waals surface area contributed by atoms with Crippen molar-refractivity contribution in [2.24, 2.45) is 0 Å². The van der Waals surface area contributed by atoms with Gasteiger partial charge < -0.3 is 10.2 Å². The molecule has 0 unspecified atom stereocenters. The summed E-state index contributed by atoms with van der Waals surface area (Å²) in [5.41, 5.74) is 7.63. The van der Waals surface area contributed by atoms with Crippen LogP contribution in [0.5, 0.6) is 0 Å². The highest BCUT2D eigenvalue weighted by molar-refractivity contribution is 6.29. The number of anilines is 1. The lowest BCUT2D eigenvalue weighted by molar-refractivity contribution is 0.585. The molecule has 3 aromatic rings. The number of hydrogen-bond donors (Lipinski definition) is 1. The molecular weight excluding hydrogens is 228 g/mol. The second-order valence-corrected chi connectivity index (χ2v) is 3.69. The highest BCUT2D eigenvalue weighted by atomic mass is 35.5. The Kier molecular flexibility index (Phi) is 1.87. The minimum absolute atomic E-state index is 0.338. The molecule has 3 heterocycles. The Hall–Kier alpha value is -2.01. The van der Waals surface area contributed by atoms with E-state index in [-0.39, 0.29) is 0 Å². The van der Waals surface area contributed by atoms with Gasteiger partial charge in [0, 0.05) is 0 Å². The van der Waals surface area contributed by atoms with Crippen LogP contribution in [0.1, 0.15) is 0 Å². The molecule has 0 fully saturated rings. The van der Waals surface area contributed by atoms with Gasteiger partial charge in [-0.1, -0.05) is 0 Å². The Morgan fingerprint density at radius 1 is 1.31 bits per heavy atom. The smallest absolute Gasteiger partial charge is 0.193 e. The first-order chi connectivity index (χ1) is 7.74. The zero-order chi connectivity index (χ0) is 11.1. The molecule has 0 spiro atoms. The first-order valence-corrected chi connectivity index (χ1v) is 4.96. The van der Waals surface area contributed by atoms with Gasteiger partial charge >= 0.3 is 0 Å². The number of hydrogen-bond acceptors (Lipinski definition) is 4. The number of rotatable bonds is 1. The molecule has 0 atom stereocenters. The average molecular weight is 235 g/mol. The van der Waals surface area contributed by atoms with Crippen molar-refractivity contribution in [3.8, 4) is 11.3 Å². The Labute approximate surface area is 95.5 Å². The SMILES string of the molecule is Nc1cnc2c(-c3ccc(Cl)o3)cnn2c1. The topological polar surface area (TPSA) is 69.3 Å². The number of nitrogens with two attached hydrogens (primary N) is 1. The number of fused-ring (bicyclic) bond motifs is 1. The van der Waals surface area contributed by atoms with Crippen molar-refractivity contribution in [2.45, 2.75) is 0 Å². The lowest BCUT2D eigenvalue weighted by Gasteiger charge is -1.95. The van der Waals surface area contributed by atoms with E-state index in [9.17, 15) is 0 Å². The van der Waals surface area contributed by atoms with Gasteiger partial charge in [-0.3, -0.25) is 0 Å². The summed E-state index contributed by atoms with van der Waals surface area (Å²) in [6.07, 6.45) is 4.93. The molecular formula is C10H7ClN4O. The summed E-state index contributed by atoms with van der Waals surface area (Å²) in [4.78, 5) is 4.20. The van der Waals surface area contributed by atoms with Crippen molar-refractivity contribution in [1.82, 2.24) is 14.6 Å². The van der Waals surface area contributed by atoms with Gasteiger partial charge in [0.25, 0.3) is 0 Å². The van der Waals surface area contributed by atoms with Crippen LogP contribution in [-0.4, -0.2) is 14.6 Å². The number of nitrogen functional groups attached to an aromatic ring is 1. The fraction of sp³-hybridized carbons (Fsp3) is 0. The lowest BCUT2D eigenvalue weighted by atomic mass is 10.2. The molecule has 0 saturated heterocycles. The third-order valence-electron chi connectivity index (χ3n) is 2.22. The van der Waals surface area contributed by atoms with Gasteiger partial charge in [0.1, 0.15) is 5.76 Å². The molecule has 0 aromatic carbocycles. The van der Waals surface area contributed by atoms with Gasteiger partial charge in [-0.25, -0.2) is 9.50 Å². The Bertz CT molecular complexity index is 658. The molecule has 0 aliphatic carbocycles. The van der Waals surface area contributed by atoms with Crippen molar-refractivity contribution in [3.63, 3.8) is 0 Å². The van der Waals surface area contributed by atoms with E-state index in [2.05, 4.69) is 10.1 Å². The first-order valence-electron chi connectivity index (χ1n) is 4.58. The van der Waals surface area contributed by atoms with Gasteiger partial charge in [0.2, 0.25) is 0 Å². The van der Waals surface area contributed by atoms with E-state index in [1.165, 1.54) is 0 Å². The van der Waals surface area contributed by atoms with E-state index < -0.39 is 0 Å². The number of furan rings is 1. The van der Waals surface area contributed by atoms with Crippen molar-refractivity contribution in [3.05, 3.63) is 35.9 Å². The number of aromatic nitrogens is 3. The molecule has 5 nitrogen and oxygen atoms in total. The van der Waals surface area contributed by atoms with E-state index in [0.717, 1.165) is 5.56 Å². The third-order valence-corrected chi connectivity index (χ3v) is 2.42. The van der Waals surface area contributed by atoms with Crippen LogP contribution in [0.25, 0.3) is 17.0 Å². The highest BCUT2D eigenvalue weighted by Crippen LogP contribution is 2.27. The quantitative estimate of drug-likeness (QED) is 0.701. The van der Waals surface area contributed by atoms with E-state index in [0.29, 0.717) is 22.3 Å². The number of nitrogens with zero attached hydrogens (tertiary/aromatic N) is 3. The van der Waals surface area contributed by atoms with Crippen LogP contribution in [0.2, 0.25) is 5.22 Å². The molecule has 0 bridgehead atoms. The van der Waals surface area contributed by atoms with Gasteiger partial charge in [-0.05, 0) is 23.7 Å². The maximum atomic E-state index is 5.72. The maximum Gasteiger partial charge on any atom is 0.193 e. The molecule has 0 saturated carbocycles. The van der Waals surface area contributed by atoms with Crippen molar-refractivity contribution in [2.75, 3.05) is 5.73 Å². The summed E-state index contributed by atoms with van der Waals surface area (Å²) in [7, 11) is 0. The zero-order valence-corrected chi connectivity index (χ0v) is 8.85. The van der Waals surface area contributed by atoms with Crippen molar-refractivity contribution in [1.29, 1.82) is 0 Å². The average Bonchev–Trinajstić information content (AvgIpc) is 2.83. The fourth-order valence-corrected chi connectivity index (χ4v) is 1.67. The molecule has 2 N–H and O–H groups in total. The predicted octanol–water partition coefficient (Wildman–Crippen LogP) is 2.22. The second-order valence-electron chi connectivity index (χ2n) is 3.32. The fourth-order valence-electron chi connectivity index (χ4n) is 1.52.